The minimum Gasteiger partial charge on any atom is -0.467 e. The minimum atomic E-state index is -0.757. The van der Waals surface area contributed by atoms with Crippen LogP contribution in [0.2, 0.25) is 10.0 Å². The number of benzene rings is 1. The molecule has 6 nitrogen and oxygen atoms in total. The molecular formula is C19H15Cl2NO5. The second kappa shape index (κ2) is 8.33. The van der Waals surface area contributed by atoms with Gasteiger partial charge in [-0.25, -0.2) is 4.79 Å². The summed E-state index contributed by atoms with van der Waals surface area (Å²) in [5.41, 5.74) is 0.588. The predicted octanol–water partition coefficient (Wildman–Crippen LogP) is 4.88. The van der Waals surface area contributed by atoms with E-state index in [0.717, 1.165) is 0 Å². The van der Waals surface area contributed by atoms with E-state index < -0.39 is 18.5 Å². The second-order valence-electron chi connectivity index (χ2n) is 5.67. The lowest BCUT2D eigenvalue weighted by atomic mass is 10.2. The van der Waals surface area contributed by atoms with Crippen molar-refractivity contribution >= 4 is 35.1 Å². The third kappa shape index (κ3) is 4.72. The van der Waals surface area contributed by atoms with Gasteiger partial charge in [-0.2, -0.15) is 0 Å². The van der Waals surface area contributed by atoms with Gasteiger partial charge in [0.1, 0.15) is 11.5 Å². The quantitative estimate of drug-likeness (QED) is 0.588. The molecule has 0 fully saturated rings. The lowest BCUT2D eigenvalue weighted by Crippen LogP contribution is -2.30. The van der Waals surface area contributed by atoms with Crippen molar-refractivity contribution in [1.82, 2.24) is 5.32 Å². The van der Waals surface area contributed by atoms with Gasteiger partial charge in [0.15, 0.2) is 6.61 Å². The lowest BCUT2D eigenvalue weighted by molar-refractivity contribution is -0.125. The number of ether oxygens (including phenoxy) is 1. The molecule has 1 amide bonds. The van der Waals surface area contributed by atoms with Gasteiger partial charge in [-0.3, -0.25) is 4.79 Å². The third-order valence-corrected chi connectivity index (χ3v) is 4.23. The standard InChI is InChI=1S/C19H15Cl2NO5/c1-11(15-3-2-8-25-15)22-18(23)10-26-19(24)17-7-6-16(27-17)13-5-4-12(20)9-14(13)21/h2-9,11H,10H2,1H3,(H,22,23)/t11-/m1/s1. The fourth-order valence-corrected chi connectivity index (χ4v) is 2.88. The van der Waals surface area contributed by atoms with E-state index in [2.05, 4.69) is 5.32 Å². The highest BCUT2D eigenvalue weighted by Gasteiger charge is 2.18. The minimum absolute atomic E-state index is 0.0390. The maximum atomic E-state index is 12.1. The zero-order chi connectivity index (χ0) is 19.4. The molecule has 0 radical (unpaired) electrons. The number of carbonyl (C=O) groups excluding carboxylic acids is 2. The number of furan rings is 2. The van der Waals surface area contributed by atoms with Crippen molar-refractivity contribution in [2.24, 2.45) is 0 Å². The molecule has 0 saturated carbocycles. The largest absolute Gasteiger partial charge is 0.467 e. The Labute approximate surface area is 165 Å². The molecule has 0 aliphatic rings. The van der Waals surface area contributed by atoms with E-state index in [-0.39, 0.29) is 11.8 Å². The summed E-state index contributed by atoms with van der Waals surface area (Å²) in [6.07, 6.45) is 1.51. The average molecular weight is 408 g/mol. The summed E-state index contributed by atoms with van der Waals surface area (Å²) in [6.45, 7) is 1.31. The molecule has 8 heteroatoms. The molecule has 3 rings (SSSR count). The van der Waals surface area contributed by atoms with Crippen molar-refractivity contribution in [1.29, 1.82) is 0 Å². The van der Waals surface area contributed by atoms with Crippen LogP contribution >= 0.6 is 23.2 Å². The van der Waals surface area contributed by atoms with E-state index >= 15 is 0 Å². The van der Waals surface area contributed by atoms with Gasteiger partial charge in [0.05, 0.1) is 17.3 Å². The number of hydrogen-bond acceptors (Lipinski definition) is 5. The Kier molecular flexibility index (Phi) is 5.88. The van der Waals surface area contributed by atoms with Crippen LogP contribution in [-0.4, -0.2) is 18.5 Å². The van der Waals surface area contributed by atoms with Crippen LogP contribution in [-0.2, 0) is 9.53 Å². The first kappa shape index (κ1) is 19.1. The predicted molar refractivity (Wildman–Crippen MR) is 99.7 cm³/mol. The number of esters is 1. The lowest BCUT2D eigenvalue weighted by Gasteiger charge is -2.11. The summed E-state index contributed by atoms with van der Waals surface area (Å²) in [6, 6.07) is 11.1. The maximum Gasteiger partial charge on any atom is 0.374 e. The second-order valence-corrected chi connectivity index (χ2v) is 6.51. The SMILES string of the molecule is C[C@@H](NC(=O)COC(=O)c1ccc(-c2ccc(Cl)cc2Cl)o1)c1ccco1. The molecule has 0 unspecified atom stereocenters. The van der Waals surface area contributed by atoms with Gasteiger partial charge in [0.2, 0.25) is 5.76 Å². The van der Waals surface area contributed by atoms with Crippen LogP contribution in [0.25, 0.3) is 11.3 Å². The molecule has 0 aliphatic carbocycles. The highest BCUT2D eigenvalue weighted by molar-refractivity contribution is 6.36. The van der Waals surface area contributed by atoms with Crippen molar-refractivity contribution in [3.05, 3.63) is 70.3 Å². The summed E-state index contributed by atoms with van der Waals surface area (Å²) in [7, 11) is 0. The highest BCUT2D eigenvalue weighted by atomic mass is 35.5. The van der Waals surface area contributed by atoms with Crippen molar-refractivity contribution in [3.63, 3.8) is 0 Å². The monoisotopic (exact) mass is 407 g/mol. The van der Waals surface area contributed by atoms with Gasteiger partial charge in [-0.1, -0.05) is 23.2 Å². The first-order valence-corrected chi connectivity index (χ1v) is 8.75. The van der Waals surface area contributed by atoms with E-state index in [9.17, 15) is 9.59 Å². The fraction of sp³-hybridized carbons (Fsp3) is 0.158. The first-order valence-electron chi connectivity index (χ1n) is 7.99. The van der Waals surface area contributed by atoms with Crippen molar-refractivity contribution in [3.8, 4) is 11.3 Å². The molecule has 0 aliphatic heterocycles. The Balaban J connectivity index is 1.57. The Bertz CT molecular complexity index is 949. The number of halogens is 2. The molecule has 2 heterocycles. The summed E-state index contributed by atoms with van der Waals surface area (Å²) in [5, 5.41) is 3.54. The van der Waals surface area contributed by atoms with E-state index in [1.165, 1.54) is 12.3 Å². The molecule has 3 aromatic rings. The zero-order valence-corrected chi connectivity index (χ0v) is 15.7. The Morgan fingerprint density at radius 3 is 2.70 bits per heavy atom. The smallest absolute Gasteiger partial charge is 0.374 e. The van der Waals surface area contributed by atoms with E-state index in [1.807, 2.05) is 0 Å². The molecular weight excluding hydrogens is 393 g/mol. The van der Waals surface area contributed by atoms with Crippen LogP contribution < -0.4 is 5.32 Å². The normalized spacial score (nSPS) is 11.8. The van der Waals surface area contributed by atoms with Crippen LogP contribution in [0.4, 0.5) is 0 Å². The van der Waals surface area contributed by atoms with E-state index in [4.69, 9.17) is 36.8 Å². The maximum absolute atomic E-state index is 12.1. The van der Waals surface area contributed by atoms with Gasteiger partial charge in [0, 0.05) is 10.6 Å². The molecule has 0 spiro atoms. The van der Waals surface area contributed by atoms with Crippen LogP contribution in [0.15, 0.2) is 57.6 Å². The summed E-state index contributed by atoms with van der Waals surface area (Å²) in [5.74, 6) is -0.264. The van der Waals surface area contributed by atoms with Gasteiger partial charge in [-0.05, 0) is 49.4 Å². The van der Waals surface area contributed by atoms with Gasteiger partial charge in [0.25, 0.3) is 5.91 Å². The number of hydrogen-bond donors (Lipinski definition) is 1. The topological polar surface area (TPSA) is 81.7 Å². The Morgan fingerprint density at radius 2 is 2.00 bits per heavy atom. The van der Waals surface area contributed by atoms with Crippen molar-refractivity contribution in [2.75, 3.05) is 6.61 Å². The number of nitrogens with one attached hydrogen (secondary N) is 1. The Morgan fingerprint density at radius 1 is 1.19 bits per heavy atom. The van der Waals surface area contributed by atoms with Crippen LogP contribution in [0.1, 0.15) is 29.3 Å². The van der Waals surface area contributed by atoms with E-state index in [1.54, 1.807) is 43.3 Å². The molecule has 27 heavy (non-hydrogen) atoms. The third-order valence-electron chi connectivity index (χ3n) is 3.69. The molecule has 140 valence electrons. The summed E-state index contributed by atoms with van der Waals surface area (Å²) < 4.78 is 15.6. The van der Waals surface area contributed by atoms with E-state index in [0.29, 0.717) is 27.1 Å². The molecule has 1 atom stereocenters. The molecule has 0 bridgehead atoms. The summed E-state index contributed by atoms with van der Waals surface area (Å²) >= 11 is 12.0. The molecule has 1 aromatic carbocycles. The Hall–Kier alpha value is -2.70. The highest BCUT2D eigenvalue weighted by Crippen LogP contribution is 2.31. The zero-order valence-electron chi connectivity index (χ0n) is 14.2. The fourth-order valence-electron chi connectivity index (χ4n) is 2.38. The number of amides is 1. The molecule has 1 N–H and O–H groups in total. The van der Waals surface area contributed by atoms with Gasteiger partial charge in [-0.15, -0.1) is 0 Å². The molecule has 2 aromatic heterocycles. The number of carbonyl (C=O) groups is 2. The average Bonchev–Trinajstić information content (AvgIpc) is 3.31. The molecule has 0 saturated heterocycles. The van der Waals surface area contributed by atoms with Gasteiger partial charge >= 0.3 is 5.97 Å². The van der Waals surface area contributed by atoms with Crippen LogP contribution in [0.5, 0.6) is 0 Å². The van der Waals surface area contributed by atoms with Crippen LogP contribution in [0.3, 0.4) is 0 Å². The van der Waals surface area contributed by atoms with Crippen molar-refractivity contribution in [2.45, 2.75) is 13.0 Å². The van der Waals surface area contributed by atoms with Crippen molar-refractivity contribution < 1.29 is 23.2 Å². The van der Waals surface area contributed by atoms with Gasteiger partial charge < -0.3 is 18.9 Å². The summed E-state index contributed by atoms with van der Waals surface area (Å²) in [4.78, 5) is 24.0. The number of rotatable bonds is 6. The first-order chi connectivity index (χ1) is 12.9. The van der Waals surface area contributed by atoms with Crippen LogP contribution in [0, 0.1) is 0 Å².